The molecular weight excluding hydrogens is 146 g/mol. The molecule has 1 aromatic carbocycles. The van der Waals surface area contributed by atoms with Crippen LogP contribution < -0.4 is 0 Å². The summed E-state index contributed by atoms with van der Waals surface area (Å²) in [6.07, 6.45) is 8.08. The van der Waals surface area contributed by atoms with E-state index in [1.54, 1.807) is 6.07 Å². The monoisotopic (exact) mass is 152 g/mol. The van der Waals surface area contributed by atoms with Crippen molar-refractivity contribution in [1.29, 1.82) is 0 Å². The number of terminal acetylenes is 1. The predicted octanol–water partition coefficient (Wildman–Crippen LogP) is 2.02. The van der Waals surface area contributed by atoms with Crippen LogP contribution in [0.5, 0.6) is 0 Å². The van der Waals surface area contributed by atoms with Crippen molar-refractivity contribution in [3.05, 3.63) is 42.1 Å². The van der Waals surface area contributed by atoms with Gasteiger partial charge >= 0.3 is 0 Å². The van der Waals surface area contributed by atoms with E-state index in [0.29, 0.717) is 0 Å². The summed E-state index contributed by atoms with van der Waals surface area (Å²) in [5.74, 6) is 2.59. The molecule has 0 atom stereocenters. The molecule has 0 spiro atoms. The highest BCUT2D eigenvalue weighted by atomic mass is 14.6. The Morgan fingerprint density at radius 2 is 2.25 bits per heavy atom. The van der Waals surface area contributed by atoms with Crippen LogP contribution >= 0.6 is 0 Å². The normalized spacial score (nSPS) is 9.58. The second kappa shape index (κ2) is 2.67. The van der Waals surface area contributed by atoms with E-state index in [9.17, 15) is 0 Å². The topological polar surface area (TPSA) is 12.9 Å². The van der Waals surface area contributed by atoms with Crippen molar-refractivity contribution in [1.82, 2.24) is 4.98 Å². The van der Waals surface area contributed by atoms with Gasteiger partial charge in [-0.15, -0.1) is 6.42 Å². The van der Waals surface area contributed by atoms with E-state index in [1.165, 1.54) is 0 Å². The van der Waals surface area contributed by atoms with E-state index >= 15 is 0 Å². The molecule has 0 amide bonds. The van der Waals surface area contributed by atoms with E-state index in [2.05, 4.69) is 17.1 Å². The molecular formula is C11H6N. The molecule has 12 heavy (non-hydrogen) atoms. The molecule has 1 aromatic heterocycles. The lowest BCUT2D eigenvalue weighted by Crippen LogP contribution is -1.82. The quantitative estimate of drug-likeness (QED) is 0.526. The first-order valence-electron chi connectivity index (χ1n) is 3.64. The maximum Gasteiger partial charge on any atom is 0.0894 e. The summed E-state index contributed by atoms with van der Waals surface area (Å²) in [6, 6.07) is 9.52. The molecule has 0 aliphatic rings. The third-order valence-electron chi connectivity index (χ3n) is 1.74. The summed E-state index contributed by atoms with van der Waals surface area (Å²) in [5, 5.41) is 1.06. The van der Waals surface area contributed by atoms with Gasteiger partial charge in [-0.3, -0.25) is 0 Å². The van der Waals surface area contributed by atoms with Gasteiger partial charge in [0.05, 0.1) is 17.3 Å². The van der Waals surface area contributed by atoms with Gasteiger partial charge in [0.25, 0.3) is 0 Å². The van der Waals surface area contributed by atoms with Gasteiger partial charge in [0.15, 0.2) is 0 Å². The van der Waals surface area contributed by atoms with Crippen LogP contribution in [0.15, 0.2) is 30.3 Å². The number of fused-ring (bicyclic) bond motifs is 1. The van der Waals surface area contributed by atoms with Crippen molar-refractivity contribution in [3.63, 3.8) is 0 Å². The minimum absolute atomic E-state index is 0.823. The standard InChI is InChI=1S/C11H6N/c1-2-9-5-3-6-10-7-4-8-12-11(9)10/h1,3-7H. The summed E-state index contributed by atoms with van der Waals surface area (Å²) in [6.45, 7) is 0. The van der Waals surface area contributed by atoms with Crippen molar-refractivity contribution in [2.75, 3.05) is 0 Å². The minimum atomic E-state index is 0.823. The van der Waals surface area contributed by atoms with Crippen molar-refractivity contribution >= 4 is 10.9 Å². The maximum atomic E-state index is 5.31. The molecule has 0 bridgehead atoms. The molecule has 0 aliphatic carbocycles. The average molecular weight is 152 g/mol. The number of para-hydroxylation sites is 1. The first kappa shape index (κ1) is 6.87. The molecule has 55 valence electrons. The SMILES string of the molecule is C#Cc1cccc2cc[c]nc12. The molecule has 1 nitrogen and oxygen atoms in total. The van der Waals surface area contributed by atoms with E-state index in [0.717, 1.165) is 16.5 Å². The highest BCUT2D eigenvalue weighted by molar-refractivity contribution is 5.83. The number of rotatable bonds is 0. The van der Waals surface area contributed by atoms with Crippen LogP contribution in [0.3, 0.4) is 0 Å². The molecule has 0 fully saturated rings. The zero-order valence-corrected chi connectivity index (χ0v) is 6.41. The van der Waals surface area contributed by atoms with Crippen molar-refractivity contribution in [2.24, 2.45) is 0 Å². The lowest BCUT2D eigenvalue weighted by atomic mass is 10.1. The highest BCUT2D eigenvalue weighted by Gasteiger charge is 1.96. The predicted molar refractivity (Wildman–Crippen MR) is 48.5 cm³/mol. The Hall–Kier alpha value is -1.81. The number of aromatic nitrogens is 1. The lowest BCUT2D eigenvalue weighted by Gasteiger charge is -1.96. The fourth-order valence-corrected chi connectivity index (χ4v) is 1.17. The van der Waals surface area contributed by atoms with Crippen molar-refractivity contribution < 1.29 is 0 Å². The summed E-state index contributed by atoms with van der Waals surface area (Å²) in [4.78, 5) is 4.08. The number of benzene rings is 1. The highest BCUT2D eigenvalue weighted by Crippen LogP contribution is 2.13. The van der Waals surface area contributed by atoms with Gasteiger partial charge in [0, 0.05) is 5.39 Å². The molecule has 2 aromatic rings. The first-order chi connectivity index (χ1) is 5.92. The van der Waals surface area contributed by atoms with Crippen LogP contribution in [0.2, 0.25) is 0 Å². The van der Waals surface area contributed by atoms with Crippen molar-refractivity contribution in [3.8, 4) is 12.3 Å². The summed E-state index contributed by atoms with van der Waals surface area (Å²) in [7, 11) is 0. The van der Waals surface area contributed by atoms with Crippen LogP contribution in [0.4, 0.5) is 0 Å². The fraction of sp³-hybridized carbons (Fsp3) is 0. The lowest BCUT2D eigenvalue weighted by molar-refractivity contribution is 1.38. The van der Waals surface area contributed by atoms with E-state index in [4.69, 9.17) is 6.42 Å². The number of pyridine rings is 1. The van der Waals surface area contributed by atoms with Gasteiger partial charge in [0.2, 0.25) is 0 Å². The Morgan fingerprint density at radius 3 is 3.08 bits per heavy atom. The Bertz CT molecular complexity index is 447. The Balaban J connectivity index is 2.91. The number of hydrogen-bond donors (Lipinski definition) is 0. The van der Waals surface area contributed by atoms with Crippen LogP contribution in [0, 0.1) is 18.5 Å². The first-order valence-corrected chi connectivity index (χ1v) is 3.64. The largest absolute Gasteiger partial charge is 0.245 e. The molecule has 0 aliphatic heterocycles. The van der Waals surface area contributed by atoms with Gasteiger partial charge in [0.1, 0.15) is 0 Å². The third kappa shape index (κ3) is 0.943. The Morgan fingerprint density at radius 1 is 1.33 bits per heavy atom. The van der Waals surface area contributed by atoms with Crippen LogP contribution in [-0.4, -0.2) is 4.98 Å². The zero-order valence-electron chi connectivity index (χ0n) is 6.41. The van der Waals surface area contributed by atoms with Gasteiger partial charge in [-0.2, -0.15) is 0 Å². The smallest absolute Gasteiger partial charge is 0.0894 e. The maximum absolute atomic E-state index is 5.31. The second-order valence-electron chi connectivity index (χ2n) is 2.46. The summed E-state index contributed by atoms with van der Waals surface area (Å²) in [5.41, 5.74) is 1.67. The molecule has 0 saturated heterocycles. The Labute approximate surface area is 71.1 Å². The summed E-state index contributed by atoms with van der Waals surface area (Å²) >= 11 is 0. The van der Waals surface area contributed by atoms with Crippen molar-refractivity contribution in [2.45, 2.75) is 0 Å². The third-order valence-corrected chi connectivity index (χ3v) is 1.74. The molecule has 1 heterocycles. The van der Waals surface area contributed by atoms with Gasteiger partial charge < -0.3 is 0 Å². The molecule has 1 heteroatoms. The van der Waals surface area contributed by atoms with E-state index in [1.807, 2.05) is 24.3 Å². The number of nitrogens with zero attached hydrogens (tertiary/aromatic N) is 1. The second-order valence-corrected chi connectivity index (χ2v) is 2.46. The van der Waals surface area contributed by atoms with Crippen LogP contribution in [0.25, 0.3) is 10.9 Å². The van der Waals surface area contributed by atoms with E-state index in [-0.39, 0.29) is 0 Å². The van der Waals surface area contributed by atoms with E-state index < -0.39 is 0 Å². The fourth-order valence-electron chi connectivity index (χ4n) is 1.17. The molecule has 0 unspecified atom stereocenters. The van der Waals surface area contributed by atoms with Gasteiger partial charge in [-0.1, -0.05) is 24.1 Å². The van der Waals surface area contributed by atoms with Gasteiger partial charge in [-0.05, 0) is 12.1 Å². The zero-order chi connectivity index (χ0) is 8.39. The molecule has 0 N–H and O–H groups in total. The Kier molecular flexibility index (Phi) is 1.53. The molecule has 0 saturated carbocycles. The summed E-state index contributed by atoms with van der Waals surface area (Å²) < 4.78 is 0. The number of hydrogen-bond acceptors (Lipinski definition) is 1. The molecule has 1 radical (unpaired) electrons. The van der Waals surface area contributed by atoms with Crippen LogP contribution in [0.1, 0.15) is 5.56 Å². The molecule has 2 rings (SSSR count). The van der Waals surface area contributed by atoms with Gasteiger partial charge in [-0.25, -0.2) is 4.98 Å². The van der Waals surface area contributed by atoms with Crippen LogP contribution in [-0.2, 0) is 0 Å². The minimum Gasteiger partial charge on any atom is -0.245 e. The average Bonchev–Trinajstić information content (AvgIpc) is 2.17.